The van der Waals surface area contributed by atoms with Gasteiger partial charge in [0.15, 0.2) is 0 Å². The van der Waals surface area contributed by atoms with E-state index < -0.39 is 30.7 Å². The molecule has 142 valence electrons. The van der Waals surface area contributed by atoms with Crippen LogP contribution < -0.4 is 0 Å². The molecule has 1 aromatic carbocycles. The van der Waals surface area contributed by atoms with Crippen molar-refractivity contribution >= 4 is 5.91 Å². The van der Waals surface area contributed by atoms with Crippen LogP contribution in [0.2, 0.25) is 0 Å². The molecular formula is C15H13F6N3O2. The maximum absolute atomic E-state index is 12.6. The van der Waals surface area contributed by atoms with E-state index in [9.17, 15) is 31.1 Å². The molecule has 0 aliphatic rings. The van der Waals surface area contributed by atoms with Crippen molar-refractivity contribution in [3.8, 4) is 11.4 Å². The van der Waals surface area contributed by atoms with E-state index in [2.05, 4.69) is 14.7 Å². The molecule has 5 nitrogen and oxygen atoms in total. The van der Waals surface area contributed by atoms with Gasteiger partial charge in [-0.15, -0.1) is 0 Å². The molecule has 0 atom stereocenters. The van der Waals surface area contributed by atoms with E-state index in [4.69, 9.17) is 0 Å². The number of hydrogen-bond acceptors (Lipinski definition) is 4. The molecule has 0 aliphatic heterocycles. The summed E-state index contributed by atoms with van der Waals surface area (Å²) in [6.07, 6.45) is -9.40. The molecule has 26 heavy (non-hydrogen) atoms. The van der Waals surface area contributed by atoms with E-state index in [1.807, 2.05) is 0 Å². The molecule has 2 rings (SSSR count). The van der Waals surface area contributed by atoms with Gasteiger partial charge in [0.25, 0.3) is 0 Å². The van der Waals surface area contributed by atoms with Crippen molar-refractivity contribution in [2.75, 3.05) is 6.54 Å². The topological polar surface area (TPSA) is 59.2 Å². The third kappa shape index (κ3) is 5.20. The van der Waals surface area contributed by atoms with Gasteiger partial charge in [-0.1, -0.05) is 36.3 Å². The van der Waals surface area contributed by atoms with Crippen LogP contribution in [0.15, 0.2) is 28.8 Å². The minimum Gasteiger partial charge on any atom is -0.329 e. The second kappa shape index (κ2) is 7.34. The lowest BCUT2D eigenvalue weighted by Crippen LogP contribution is -2.38. The summed E-state index contributed by atoms with van der Waals surface area (Å²) in [6.45, 7) is -0.225. The molecule has 0 aliphatic carbocycles. The van der Waals surface area contributed by atoms with Crippen molar-refractivity contribution in [2.24, 2.45) is 0 Å². The number of carbonyl (C=O) groups excluding carboxylic acids is 1. The molecule has 2 aromatic rings. The molecule has 1 heterocycles. The van der Waals surface area contributed by atoms with E-state index in [-0.39, 0.29) is 24.4 Å². The number of alkyl halides is 6. The fourth-order valence-electron chi connectivity index (χ4n) is 2.11. The SMILES string of the molecule is CCC(=O)N(Cc1ccc(-c2noc(C(F)(F)F)n2)cc1)CC(F)(F)F. The molecule has 1 aromatic heterocycles. The molecule has 11 heteroatoms. The Morgan fingerprint density at radius 3 is 2.19 bits per heavy atom. The average molecular weight is 381 g/mol. The van der Waals surface area contributed by atoms with Crippen LogP contribution >= 0.6 is 0 Å². The number of rotatable bonds is 5. The van der Waals surface area contributed by atoms with Crippen molar-refractivity contribution in [1.29, 1.82) is 0 Å². The maximum atomic E-state index is 12.6. The minimum absolute atomic E-state index is 0.0861. The van der Waals surface area contributed by atoms with E-state index in [1.54, 1.807) is 0 Å². The van der Waals surface area contributed by atoms with Gasteiger partial charge in [-0.2, -0.15) is 31.3 Å². The summed E-state index contributed by atoms with van der Waals surface area (Å²) in [6, 6.07) is 5.43. The molecular weight excluding hydrogens is 368 g/mol. The molecule has 0 radical (unpaired) electrons. The molecule has 0 N–H and O–H groups in total. The minimum atomic E-state index is -4.77. The van der Waals surface area contributed by atoms with Crippen LogP contribution in [0.25, 0.3) is 11.4 Å². The first-order valence-electron chi connectivity index (χ1n) is 7.34. The summed E-state index contributed by atoms with van der Waals surface area (Å²) in [5.41, 5.74) is 0.566. The van der Waals surface area contributed by atoms with Gasteiger partial charge in [-0.25, -0.2) is 0 Å². The summed E-state index contributed by atoms with van der Waals surface area (Å²) >= 11 is 0. The second-order valence-electron chi connectivity index (χ2n) is 5.34. The first kappa shape index (κ1) is 19.7. The Morgan fingerprint density at radius 2 is 1.73 bits per heavy atom. The zero-order valence-electron chi connectivity index (χ0n) is 13.4. The van der Waals surface area contributed by atoms with Gasteiger partial charge >= 0.3 is 18.2 Å². The Balaban J connectivity index is 2.15. The fraction of sp³-hybridized carbons (Fsp3) is 0.400. The zero-order chi connectivity index (χ0) is 19.5. The summed E-state index contributed by atoms with van der Waals surface area (Å²) in [5.74, 6) is -2.47. The smallest absolute Gasteiger partial charge is 0.329 e. The van der Waals surface area contributed by atoms with E-state index >= 15 is 0 Å². The lowest BCUT2D eigenvalue weighted by Gasteiger charge is -2.23. The highest BCUT2D eigenvalue weighted by Gasteiger charge is 2.38. The molecule has 1 amide bonds. The molecule has 0 fully saturated rings. The highest BCUT2D eigenvalue weighted by atomic mass is 19.4. The Bertz CT molecular complexity index is 752. The van der Waals surface area contributed by atoms with Gasteiger partial charge in [0.2, 0.25) is 11.7 Å². The van der Waals surface area contributed by atoms with Crippen LogP contribution in [-0.4, -0.2) is 33.7 Å². The summed E-state index contributed by atoms with van der Waals surface area (Å²) in [5, 5.41) is 3.21. The van der Waals surface area contributed by atoms with Crippen molar-refractivity contribution < 1.29 is 35.7 Å². The van der Waals surface area contributed by atoms with Gasteiger partial charge < -0.3 is 9.42 Å². The molecule has 0 unspecified atom stereocenters. The number of amides is 1. The lowest BCUT2D eigenvalue weighted by atomic mass is 10.1. The van der Waals surface area contributed by atoms with E-state index in [1.165, 1.54) is 31.2 Å². The van der Waals surface area contributed by atoms with Crippen LogP contribution in [0.5, 0.6) is 0 Å². The van der Waals surface area contributed by atoms with Gasteiger partial charge in [0.05, 0.1) is 0 Å². The molecule has 0 spiro atoms. The number of hydrogen-bond donors (Lipinski definition) is 0. The Morgan fingerprint density at radius 1 is 1.12 bits per heavy atom. The number of benzene rings is 1. The van der Waals surface area contributed by atoms with Crippen molar-refractivity contribution in [3.05, 3.63) is 35.7 Å². The van der Waals surface area contributed by atoms with Crippen LogP contribution in [-0.2, 0) is 17.5 Å². The summed E-state index contributed by atoms with van der Waals surface area (Å²) in [4.78, 5) is 15.5. The predicted octanol–water partition coefficient (Wildman–Crippen LogP) is 4.06. The monoisotopic (exact) mass is 381 g/mol. The first-order chi connectivity index (χ1) is 12.0. The molecule has 0 saturated carbocycles. The van der Waals surface area contributed by atoms with Crippen molar-refractivity contribution in [3.63, 3.8) is 0 Å². The van der Waals surface area contributed by atoms with Gasteiger partial charge in [-0.3, -0.25) is 4.79 Å². The molecule has 0 saturated heterocycles. The fourth-order valence-corrected chi connectivity index (χ4v) is 2.11. The van der Waals surface area contributed by atoms with Crippen molar-refractivity contribution in [2.45, 2.75) is 32.2 Å². The van der Waals surface area contributed by atoms with Crippen LogP contribution in [0, 0.1) is 0 Å². The Hall–Kier alpha value is -2.59. The van der Waals surface area contributed by atoms with Gasteiger partial charge in [-0.05, 0) is 5.56 Å². The van der Waals surface area contributed by atoms with Crippen LogP contribution in [0.1, 0.15) is 24.8 Å². The normalized spacial score (nSPS) is 12.3. The molecule has 0 bridgehead atoms. The lowest BCUT2D eigenvalue weighted by molar-refractivity contribution is -0.162. The predicted molar refractivity (Wildman–Crippen MR) is 76.5 cm³/mol. The van der Waals surface area contributed by atoms with E-state index in [0.717, 1.165) is 0 Å². The van der Waals surface area contributed by atoms with Crippen LogP contribution in [0.3, 0.4) is 0 Å². The number of halogens is 6. The van der Waals surface area contributed by atoms with Crippen LogP contribution in [0.4, 0.5) is 26.3 Å². The Labute approximate surface area is 143 Å². The third-order valence-corrected chi connectivity index (χ3v) is 3.28. The highest BCUT2D eigenvalue weighted by Crippen LogP contribution is 2.29. The summed E-state index contributed by atoms with van der Waals surface area (Å²) < 4.78 is 79.2. The number of carbonyl (C=O) groups is 1. The Kier molecular flexibility index (Phi) is 5.57. The second-order valence-corrected chi connectivity index (χ2v) is 5.34. The highest BCUT2D eigenvalue weighted by molar-refractivity contribution is 5.75. The standard InChI is InChI=1S/C15H13F6N3O2/c1-2-11(25)24(8-14(16,17)18)7-9-3-5-10(6-4-9)12-22-13(26-23-12)15(19,20)21/h3-6H,2,7-8H2,1H3. The quantitative estimate of drug-likeness (QED) is 0.733. The van der Waals surface area contributed by atoms with Crippen molar-refractivity contribution in [1.82, 2.24) is 15.0 Å². The largest absolute Gasteiger partial charge is 0.471 e. The third-order valence-electron chi connectivity index (χ3n) is 3.28. The summed E-state index contributed by atoms with van der Waals surface area (Å²) in [7, 11) is 0. The average Bonchev–Trinajstić information content (AvgIpc) is 3.03. The van der Waals surface area contributed by atoms with Gasteiger partial charge in [0, 0.05) is 18.5 Å². The zero-order valence-corrected chi connectivity index (χ0v) is 13.4. The maximum Gasteiger partial charge on any atom is 0.471 e. The van der Waals surface area contributed by atoms with E-state index in [0.29, 0.717) is 10.5 Å². The first-order valence-corrected chi connectivity index (χ1v) is 7.34. The number of nitrogens with zero attached hydrogens (tertiary/aromatic N) is 3. The van der Waals surface area contributed by atoms with Gasteiger partial charge in [0.1, 0.15) is 6.54 Å². The number of aromatic nitrogens is 2.